The molecule has 2 N–H and O–H groups in total. The number of piperidine rings is 1. The Balaban J connectivity index is 1.88. The highest BCUT2D eigenvalue weighted by molar-refractivity contribution is 7.86. The van der Waals surface area contributed by atoms with Crippen molar-refractivity contribution in [2.24, 2.45) is 17.6 Å². The Kier molecular flexibility index (Phi) is 5.80. The molecule has 2 rings (SSSR count). The summed E-state index contributed by atoms with van der Waals surface area (Å²) in [6.07, 6.45) is 3.66. The SMILES string of the molecule is CN(CC1CCOCC1)S(=O)(=O)N1CCC(CN)CC1. The second-order valence-corrected chi connectivity index (χ2v) is 7.96. The number of ether oxygens (including phenoxy) is 1. The van der Waals surface area contributed by atoms with Crippen molar-refractivity contribution in [3.05, 3.63) is 0 Å². The normalized spacial score (nSPS) is 24.4. The number of nitrogens with two attached hydrogens (primary N) is 1. The molecule has 0 atom stereocenters. The molecule has 0 unspecified atom stereocenters. The fourth-order valence-electron chi connectivity index (χ4n) is 2.96. The quantitative estimate of drug-likeness (QED) is 0.790. The second kappa shape index (κ2) is 7.17. The lowest BCUT2D eigenvalue weighted by atomic mass is 9.99. The number of hydrogen-bond acceptors (Lipinski definition) is 4. The van der Waals surface area contributed by atoms with Gasteiger partial charge in [-0.1, -0.05) is 0 Å². The fraction of sp³-hybridized carbons (Fsp3) is 1.00. The summed E-state index contributed by atoms with van der Waals surface area (Å²) in [6.45, 7) is 3.96. The number of nitrogens with zero attached hydrogens (tertiary/aromatic N) is 2. The Hall–Kier alpha value is -0.210. The summed E-state index contributed by atoms with van der Waals surface area (Å²) < 4.78 is 33.5. The van der Waals surface area contributed by atoms with E-state index in [1.54, 1.807) is 11.4 Å². The Bertz CT molecular complexity index is 388. The van der Waals surface area contributed by atoms with Crippen LogP contribution in [-0.2, 0) is 14.9 Å². The Labute approximate surface area is 122 Å². The number of rotatable bonds is 5. The molecule has 6 nitrogen and oxygen atoms in total. The van der Waals surface area contributed by atoms with Crippen LogP contribution in [0.1, 0.15) is 25.7 Å². The van der Waals surface area contributed by atoms with E-state index >= 15 is 0 Å². The van der Waals surface area contributed by atoms with Crippen molar-refractivity contribution < 1.29 is 13.2 Å². The molecule has 0 radical (unpaired) electrons. The van der Waals surface area contributed by atoms with Crippen molar-refractivity contribution in [1.29, 1.82) is 0 Å². The maximum atomic E-state index is 12.5. The maximum Gasteiger partial charge on any atom is 0.281 e. The molecule has 0 bridgehead atoms. The molecule has 0 aromatic carbocycles. The molecule has 7 heteroatoms. The van der Waals surface area contributed by atoms with Crippen molar-refractivity contribution in [2.75, 3.05) is 46.4 Å². The Morgan fingerprint density at radius 2 is 1.75 bits per heavy atom. The van der Waals surface area contributed by atoms with Crippen LogP contribution in [0.5, 0.6) is 0 Å². The van der Waals surface area contributed by atoms with E-state index in [2.05, 4.69) is 0 Å². The van der Waals surface area contributed by atoms with Gasteiger partial charge < -0.3 is 10.5 Å². The van der Waals surface area contributed by atoms with Crippen LogP contribution < -0.4 is 5.73 Å². The highest BCUT2D eigenvalue weighted by atomic mass is 32.2. The smallest absolute Gasteiger partial charge is 0.281 e. The zero-order valence-corrected chi connectivity index (χ0v) is 13.1. The van der Waals surface area contributed by atoms with E-state index in [0.717, 1.165) is 38.9 Å². The molecule has 2 fully saturated rings. The van der Waals surface area contributed by atoms with Gasteiger partial charge in [0, 0.05) is 39.9 Å². The standard InChI is InChI=1S/C13H27N3O3S/c1-15(11-13-4-8-19-9-5-13)20(17,18)16-6-2-12(10-14)3-7-16/h12-13H,2-11,14H2,1H3. The first-order chi connectivity index (χ1) is 9.54. The predicted molar refractivity (Wildman–Crippen MR) is 78.4 cm³/mol. The van der Waals surface area contributed by atoms with Gasteiger partial charge in [0.1, 0.15) is 0 Å². The molecule has 0 spiro atoms. The first-order valence-electron chi connectivity index (χ1n) is 7.53. The highest BCUT2D eigenvalue weighted by Gasteiger charge is 2.32. The van der Waals surface area contributed by atoms with Crippen LogP contribution in [0.4, 0.5) is 0 Å². The van der Waals surface area contributed by atoms with E-state index in [1.165, 1.54) is 4.31 Å². The Morgan fingerprint density at radius 1 is 1.15 bits per heavy atom. The molecule has 0 amide bonds. The molecule has 20 heavy (non-hydrogen) atoms. The average molecular weight is 305 g/mol. The predicted octanol–water partition coefficient (Wildman–Crippen LogP) is 0.260. The summed E-state index contributed by atoms with van der Waals surface area (Å²) in [5.74, 6) is 0.896. The highest BCUT2D eigenvalue weighted by Crippen LogP contribution is 2.22. The lowest BCUT2D eigenvalue weighted by Gasteiger charge is -2.34. The molecule has 2 heterocycles. The third-order valence-electron chi connectivity index (χ3n) is 4.48. The summed E-state index contributed by atoms with van der Waals surface area (Å²) in [5, 5.41) is 0. The number of hydrogen-bond donors (Lipinski definition) is 1. The molecule has 2 aliphatic rings. The van der Waals surface area contributed by atoms with Crippen LogP contribution in [0, 0.1) is 11.8 Å². The summed E-state index contributed by atoms with van der Waals surface area (Å²) in [5.41, 5.74) is 5.65. The topological polar surface area (TPSA) is 75.9 Å². The van der Waals surface area contributed by atoms with Crippen LogP contribution in [0.25, 0.3) is 0 Å². The van der Waals surface area contributed by atoms with Crippen molar-refractivity contribution in [3.8, 4) is 0 Å². The zero-order valence-electron chi connectivity index (χ0n) is 12.3. The van der Waals surface area contributed by atoms with Crippen molar-refractivity contribution in [1.82, 2.24) is 8.61 Å². The summed E-state index contributed by atoms with van der Waals surface area (Å²) in [6, 6.07) is 0. The van der Waals surface area contributed by atoms with E-state index in [-0.39, 0.29) is 0 Å². The molecule has 118 valence electrons. The van der Waals surface area contributed by atoms with E-state index in [1.807, 2.05) is 0 Å². The van der Waals surface area contributed by atoms with E-state index < -0.39 is 10.2 Å². The minimum atomic E-state index is -3.31. The fourth-order valence-corrected chi connectivity index (χ4v) is 4.43. The van der Waals surface area contributed by atoms with E-state index in [0.29, 0.717) is 38.0 Å². The minimum Gasteiger partial charge on any atom is -0.381 e. The summed E-state index contributed by atoms with van der Waals surface area (Å²) in [4.78, 5) is 0. The van der Waals surface area contributed by atoms with Gasteiger partial charge in [-0.3, -0.25) is 0 Å². The molecule has 0 aromatic heterocycles. The summed E-state index contributed by atoms with van der Waals surface area (Å²) in [7, 11) is -1.61. The van der Waals surface area contributed by atoms with Crippen molar-refractivity contribution in [2.45, 2.75) is 25.7 Å². The molecular weight excluding hydrogens is 278 g/mol. The first-order valence-corrected chi connectivity index (χ1v) is 8.93. The van der Waals surface area contributed by atoms with Crippen LogP contribution in [0.2, 0.25) is 0 Å². The van der Waals surface area contributed by atoms with Gasteiger partial charge in [-0.2, -0.15) is 17.0 Å². The van der Waals surface area contributed by atoms with Gasteiger partial charge >= 0.3 is 0 Å². The van der Waals surface area contributed by atoms with Gasteiger partial charge in [0.2, 0.25) is 0 Å². The lowest BCUT2D eigenvalue weighted by molar-refractivity contribution is 0.0614. The van der Waals surface area contributed by atoms with Crippen molar-refractivity contribution in [3.63, 3.8) is 0 Å². The molecule has 2 saturated heterocycles. The molecule has 2 aliphatic heterocycles. The third kappa shape index (κ3) is 3.92. The van der Waals surface area contributed by atoms with Crippen LogP contribution in [0.3, 0.4) is 0 Å². The van der Waals surface area contributed by atoms with Crippen LogP contribution in [-0.4, -0.2) is 63.5 Å². The maximum absolute atomic E-state index is 12.5. The monoisotopic (exact) mass is 305 g/mol. The molecular formula is C13H27N3O3S. The van der Waals surface area contributed by atoms with Gasteiger partial charge in [-0.25, -0.2) is 0 Å². The Morgan fingerprint density at radius 3 is 2.30 bits per heavy atom. The lowest BCUT2D eigenvalue weighted by Crippen LogP contribution is -2.47. The average Bonchev–Trinajstić information content (AvgIpc) is 2.48. The first kappa shape index (κ1) is 16.2. The third-order valence-corrected chi connectivity index (χ3v) is 6.44. The van der Waals surface area contributed by atoms with Crippen LogP contribution >= 0.6 is 0 Å². The molecule has 0 saturated carbocycles. The van der Waals surface area contributed by atoms with Crippen LogP contribution in [0.15, 0.2) is 0 Å². The van der Waals surface area contributed by atoms with Crippen molar-refractivity contribution >= 4 is 10.2 Å². The largest absolute Gasteiger partial charge is 0.381 e. The van der Waals surface area contributed by atoms with Gasteiger partial charge in [-0.15, -0.1) is 0 Å². The minimum absolute atomic E-state index is 0.421. The van der Waals surface area contributed by atoms with Gasteiger partial charge in [0.05, 0.1) is 0 Å². The molecule has 0 aromatic rings. The zero-order chi connectivity index (χ0) is 14.6. The van der Waals surface area contributed by atoms with E-state index in [9.17, 15) is 8.42 Å². The summed E-state index contributed by atoms with van der Waals surface area (Å²) >= 11 is 0. The van der Waals surface area contributed by atoms with Gasteiger partial charge in [0.15, 0.2) is 0 Å². The second-order valence-electron chi connectivity index (χ2n) is 5.92. The van der Waals surface area contributed by atoms with Gasteiger partial charge in [-0.05, 0) is 44.1 Å². The van der Waals surface area contributed by atoms with E-state index in [4.69, 9.17) is 10.5 Å². The van der Waals surface area contributed by atoms with Gasteiger partial charge in [0.25, 0.3) is 10.2 Å². The molecule has 0 aliphatic carbocycles.